The van der Waals surface area contributed by atoms with Crippen LogP contribution in [0.25, 0.3) is 0 Å². The molecule has 0 saturated heterocycles. The number of sulfone groups is 1. The molecular weight excluding hydrogens is 478 g/mol. The Hall–Kier alpha value is -3.21. The van der Waals surface area contributed by atoms with Crippen molar-refractivity contribution in [3.63, 3.8) is 0 Å². The van der Waals surface area contributed by atoms with E-state index >= 15 is 0 Å². The van der Waals surface area contributed by atoms with Crippen LogP contribution in [-0.4, -0.2) is 43.1 Å². The fourth-order valence-corrected chi connectivity index (χ4v) is 5.64. The van der Waals surface area contributed by atoms with Gasteiger partial charge in [-0.3, -0.25) is 4.79 Å². The lowest BCUT2D eigenvalue weighted by Gasteiger charge is -2.14. The van der Waals surface area contributed by atoms with Gasteiger partial charge in [0.25, 0.3) is 0 Å². The van der Waals surface area contributed by atoms with Gasteiger partial charge in [-0.1, -0.05) is 24.3 Å². The number of rotatable bonds is 9. The maximum absolute atomic E-state index is 13.4. The second kappa shape index (κ2) is 9.96. The maximum atomic E-state index is 13.4. The summed E-state index contributed by atoms with van der Waals surface area (Å²) in [6, 6.07) is 15.9. The van der Waals surface area contributed by atoms with Gasteiger partial charge in [0.05, 0.1) is 30.3 Å². The van der Waals surface area contributed by atoms with Gasteiger partial charge in [0.2, 0.25) is 19.9 Å². The van der Waals surface area contributed by atoms with E-state index in [0.717, 1.165) is 6.26 Å². The van der Waals surface area contributed by atoms with Crippen LogP contribution in [0, 0.1) is 0 Å². The minimum Gasteiger partial charge on any atom is -0.497 e. The van der Waals surface area contributed by atoms with Crippen molar-refractivity contribution >= 4 is 25.6 Å². The largest absolute Gasteiger partial charge is 0.497 e. The number of methoxy groups -OCH3 is 2. The van der Waals surface area contributed by atoms with E-state index in [2.05, 4.69) is 4.72 Å². The summed E-state index contributed by atoms with van der Waals surface area (Å²) in [6.07, 6.45) is 1.07. The van der Waals surface area contributed by atoms with Crippen LogP contribution in [0.15, 0.2) is 76.5 Å². The molecule has 0 aromatic heterocycles. The van der Waals surface area contributed by atoms with Crippen molar-refractivity contribution in [3.8, 4) is 11.5 Å². The molecule has 10 heteroatoms. The standard InChI is InChI=1S/C24H25NO7S2/c1-16(25-33(4,27)28)17-5-7-18(8-6-17)24(26)22-14-11-20(32-3)15-23(22)34(29,30)21-12-9-19(31-2)10-13-21/h5-16,25H,1-4H3/t16-/m0/s1. The van der Waals surface area contributed by atoms with E-state index in [0.29, 0.717) is 17.1 Å². The maximum Gasteiger partial charge on any atom is 0.209 e. The van der Waals surface area contributed by atoms with E-state index in [9.17, 15) is 21.6 Å². The predicted molar refractivity (Wildman–Crippen MR) is 128 cm³/mol. The topological polar surface area (TPSA) is 116 Å². The van der Waals surface area contributed by atoms with Crippen LogP contribution in [0.2, 0.25) is 0 Å². The zero-order valence-corrected chi connectivity index (χ0v) is 20.7. The number of hydrogen-bond donors (Lipinski definition) is 1. The van der Waals surface area contributed by atoms with E-state index in [-0.39, 0.29) is 20.9 Å². The Kier molecular flexibility index (Phi) is 7.44. The van der Waals surface area contributed by atoms with E-state index in [1.807, 2.05) is 0 Å². The highest BCUT2D eigenvalue weighted by Gasteiger charge is 2.26. The Morgan fingerprint density at radius 3 is 1.91 bits per heavy atom. The van der Waals surface area contributed by atoms with Gasteiger partial charge in [0.1, 0.15) is 11.5 Å². The second-order valence-corrected chi connectivity index (χ2v) is 11.3. The van der Waals surface area contributed by atoms with Gasteiger partial charge in [-0.15, -0.1) is 0 Å². The van der Waals surface area contributed by atoms with Crippen LogP contribution in [0.3, 0.4) is 0 Å². The third kappa shape index (κ3) is 5.64. The van der Waals surface area contributed by atoms with E-state index in [1.165, 1.54) is 68.8 Å². The van der Waals surface area contributed by atoms with Gasteiger partial charge < -0.3 is 9.47 Å². The predicted octanol–water partition coefficient (Wildman–Crippen LogP) is 3.38. The number of sulfonamides is 1. The zero-order chi connectivity index (χ0) is 25.1. The van der Waals surface area contributed by atoms with Crippen molar-refractivity contribution in [2.75, 3.05) is 20.5 Å². The van der Waals surface area contributed by atoms with E-state index < -0.39 is 31.7 Å². The fraction of sp³-hybridized carbons (Fsp3) is 0.208. The molecule has 0 amide bonds. The first kappa shape index (κ1) is 25.4. The first-order chi connectivity index (χ1) is 16.0. The van der Waals surface area contributed by atoms with Crippen LogP contribution >= 0.6 is 0 Å². The minimum absolute atomic E-state index is 0.00613. The molecule has 0 spiro atoms. The summed E-state index contributed by atoms with van der Waals surface area (Å²) < 4.78 is 62.5. The summed E-state index contributed by atoms with van der Waals surface area (Å²) in [5.74, 6) is 0.297. The highest BCUT2D eigenvalue weighted by atomic mass is 32.2. The van der Waals surface area contributed by atoms with Crippen LogP contribution in [0.4, 0.5) is 0 Å². The Morgan fingerprint density at radius 2 is 1.38 bits per heavy atom. The summed E-state index contributed by atoms with van der Waals surface area (Å²) in [6.45, 7) is 1.68. The summed E-state index contributed by atoms with van der Waals surface area (Å²) >= 11 is 0. The molecule has 34 heavy (non-hydrogen) atoms. The summed E-state index contributed by atoms with van der Waals surface area (Å²) in [5.41, 5.74) is 0.904. The molecule has 0 aliphatic carbocycles. The highest BCUT2D eigenvalue weighted by molar-refractivity contribution is 7.91. The molecule has 0 unspecified atom stereocenters. The van der Waals surface area contributed by atoms with Crippen molar-refractivity contribution < 1.29 is 31.1 Å². The smallest absolute Gasteiger partial charge is 0.209 e. The number of hydrogen-bond acceptors (Lipinski definition) is 7. The van der Waals surface area contributed by atoms with Crippen molar-refractivity contribution in [3.05, 3.63) is 83.4 Å². The normalized spacial score (nSPS) is 12.7. The monoisotopic (exact) mass is 503 g/mol. The molecule has 0 bridgehead atoms. The average Bonchev–Trinajstić information content (AvgIpc) is 2.82. The molecule has 0 saturated carbocycles. The molecular formula is C24H25NO7S2. The zero-order valence-electron chi connectivity index (χ0n) is 19.1. The van der Waals surface area contributed by atoms with Crippen molar-refractivity contribution in [2.24, 2.45) is 0 Å². The van der Waals surface area contributed by atoms with Crippen LogP contribution in [0.1, 0.15) is 34.5 Å². The quantitative estimate of drug-likeness (QED) is 0.445. The van der Waals surface area contributed by atoms with Gasteiger partial charge in [-0.05, 0) is 55.0 Å². The fourth-order valence-electron chi connectivity index (χ4n) is 3.39. The van der Waals surface area contributed by atoms with E-state index in [1.54, 1.807) is 19.1 Å². The van der Waals surface area contributed by atoms with Gasteiger partial charge in [-0.25, -0.2) is 21.6 Å². The first-order valence-electron chi connectivity index (χ1n) is 10.2. The number of carbonyl (C=O) groups excluding carboxylic acids is 1. The van der Waals surface area contributed by atoms with Gasteiger partial charge in [-0.2, -0.15) is 0 Å². The second-order valence-electron chi connectivity index (χ2n) is 7.60. The molecule has 0 radical (unpaired) electrons. The summed E-state index contributed by atoms with van der Waals surface area (Å²) in [7, 11) is -4.57. The Labute approximate surface area is 199 Å². The average molecular weight is 504 g/mol. The molecule has 1 N–H and O–H groups in total. The number of benzene rings is 3. The molecule has 3 aromatic carbocycles. The minimum atomic E-state index is -4.06. The Balaban J connectivity index is 2.02. The van der Waals surface area contributed by atoms with Gasteiger partial charge in [0, 0.05) is 17.2 Å². The molecule has 3 rings (SSSR count). The molecule has 0 aliphatic heterocycles. The molecule has 0 aliphatic rings. The van der Waals surface area contributed by atoms with Crippen molar-refractivity contribution in [1.82, 2.24) is 4.72 Å². The third-order valence-corrected chi connectivity index (χ3v) is 7.75. The number of nitrogens with one attached hydrogen (secondary N) is 1. The summed E-state index contributed by atoms with van der Waals surface area (Å²) in [5, 5.41) is 0. The van der Waals surface area contributed by atoms with Gasteiger partial charge >= 0.3 is 0 Å². The van der Waals surface area contributed by atoms with Gasteiger partial charge in [0.15, 0.2) is 5.78 Å². The molecule has 180 valence electrons. The number of ketones is 1. The molecule has 1 atom stereocenters. The Morgan fingerprint density at radius 1 is 0.824 bits per heavy atom. The Bertz CT molecular complexity index is 1400. The lowest BCUT2D eigenvalue weighted by molar-refractivity contribution is 0.103. The lowest BCUT2D eigenvalue weighted by Crippen LogP contribution is -2.25. The molecule has 8 nitrogen and oxygen atoms in total. The van der Waals surface area contributed by atoms with Crippen LogP contribution < -0.4 is 14.2 Å². The SMILES string of the molecule is COc1ccc(S(=O)(=O)c2cc(OC)ccc2C(=O)c2ccc([C@H](C)NS(C)(=O)=O)cc2)cc1. The number of carbonyl (C=O) groups is 1. The lowest BCUT2D eigenvalue weighted by atomic mass is 10.00. The van der Waals surface area contributed by atoms with Crippen LogP contribution in [-0.2, 0) is 19.9 Å². The van der Waals surface area contributed by atoms with E-state index in [4.69, 9.17) is 9.47 Å². The van der Waals surface area contributed by atoms with Crippen molar-refractivity contribution in [1.29, 1.82) is 0 Å². The highest BCUT2D eigenvalue weighted by Crippen LogP contribution is 2.30. The molecule has 0 fully saturated rings. The summed E-state index contributed by atoms with van der Waals surface area (Å²) in [4.78, 5) is 13.1. The first-order valence-corrected chi connectivity index (χ1v) is 13.5. The molecule has 3 aromatic rings. The van der Waals surface area contributed by atoms with Crippen LogP contribution in [0.5, 0.6) is 11.5 Å². The number of ether oxygens (including phenoxy) is 2. The molecule has 0 heterocycles. The van der Waals surface area contributed by atoms with Crippen molar-refractivity contribution in [2.45, 2.75) is 22.8 Å². The third-order valence-electron chi connectivity index (χ3n) is 5.16.